The average Bonchev–Trinajstić information content (AvgIpc) is 2.40. The first-order chi connectivity index (χ1) is 9.20. The zero-order valence-electron chi connectivity index (χ0n) is 11.3. The van der Waals surface area contributed by atoms with Gasteiger partial charge in [0, 0.05) is 23.8 Å². The lowest BCUT2D eigenvalue weighted by Crippen LogP contribution is -2.38. The number of aromatic nitrogens is 1. The molecule has 0 atom stereocenters. The third-order valence-electron chi connectivity index (χ3n) is 3.56. The highest BCUT2D eigenvalue weighted by Crippen LogP contribution is 2.29. The van der Waals surface area contributed by atoms with E-state index < -0.39 is 0 Å². The van der Waals surface area contributed by atoms with Crippen molar-refractivity contribution in [3.8, 4) is 0 Å². The smallest absolute Gasteiger partial charge is 0.147 e. The topological polar surface area (TPSA) is 28.2 Å². The van der Waals surface area contributed by atoms with E-state index in [1.165, 1.54) is 19.3 Å². The molecule has 2 rings (SSSR count). The Labute approximate surface area is 128 Å². The van der Waals surface area contributed by atoms with E-state index >= 15 is 0 Å². The van der Waals surface area contributed by atoms with Crippen LogP contribution in [0.25, 0.3) is 0 Å². The van der Waals surface area contributed by atoms with Gasteiger partial charge in [-0.3, -0.25) is 0 Å². The molecule has 5 heteroatoms. The van der Waals surface area contributed by atoms with Crippen molar-refractivity contribution >= 4 is 33.3 Å². The van der Waals surface area contributed by atoms with Gasteiger partial charge in [0.05, 0.1) is 5.02 Å². The summed E-state index contributed by atoms with van der Waals surface area (Å²) in [6.45, 7) is 6.57. The number of nitrogens with one attached hydrogen (secondary N) is 1. The molecule has 0 saturated carbocycles. The number of nitrogens with zero attached hydrogens (tertiary/aromatic N) is 2. The lowest BCUT2D eigenvalue weighted by molar-refractivity contribution is 0.382. The first-order valence-corrected chi connectivity index (χ1v) is 8.14. The summed E-state index contributed by atoms with van der Waals surface area (Å²) in [5, 5.41) is 4.25. The van der Waals surface area contributed by atoms with Crippen LogP contribution in [0.15, 0.2) is 16.7 Å². The van der Waals surface area contributed by atoms with Gasteiger partial charge in [0.25, 0.3) is 0 Å². The zero-order valence-corrected chi connectivity index (χ0v) is 13.7. The van der Waals surface area contributed by atoms with E-state index in [0.717, 1.165) is 47.4 Å². The van der Waals surface area contributed by atoms with Gasteiger partial charge in [0.15, 0.2) is 0 Å². The van der Waals surface area contributed by atoms with Gasteiger partial charge in [0.2, 0.25) is 0 Å². The standard InChI is InChI=1S/C14H21BrClN3/c1-2-5-17-9-11-3-6-19(7-4-11)14-13(16)8-12(15)10-18-14/h8,10-11,17H,2-7,9H2,1H3. The Kier molecular flexibility index (Phi) is 5.92. The van der Waals surface area contributed by atoms with Crippen LogP contribution in [-0.4, -0.2) is 31.2 Å². The van der Waals surface area contributed by atoms with Crippen LogP contribution in [0, 0.1) is 5.92 Å². The van der Waals surface area contributed by atoms with E-state index in [9.17, 15) is 0 Å². The Morgan fingerprint density at radius 3 is 2.84 bits per heavy atom. The van der Waals surface area contributed by atoms with Crippen LogP contribution in [0.3, 0.4) is 0 Å². The fourth-order valence-electron chi connectivity index (χ4n) is 2.47. The van der Waals surface area contributed by atoms with Crippen molar-refractivity contribution < 1.29 is 0 Å². The lowest BCUT2D eigenvalue weighted by Gasteiger charge is -2.33. The minimum Gasteiger partial charge on any atom is -0.355 e. The second-order valence-electron chi connectivity index (χ2n) is 5.09. The Hall–Kier alpha value is -0.320. The SMILES string of the molecule is CCCNCC1CCN(c2ncc(Br)cc2Cl)CC1. The Morgan fingerprint density at radius 2 is 2.21 bits per heavy atom. The average molecular weight is 347 g/mol. The van der Waals surface area contributed by atoms with Crippen LogP contribution in [0.2, 0.25) is 5.02 Å². The van der Waals surface area contributed by atoms with E-state index in [2.05, 4.69) is 38.1 Å². The van der Waals surface area contributed by atoms with Crippen molar-refractivity contribution in [2.75, 3.05) is 31.1 Å². The van der Waals surface area contributed by atoms with E-state index in [1.807, 2.05) is 12.3 Å². The predicted octanol–water partition coefficient (Wildman–Crippen LogP) is 3.71. The van der Waals surface area contributed by atoms with Gasteiger partial charge < -0.3 is 10.2 Å². The normalized spacial score (nSPS) is 16.9. The van der Waals surface area contributed by atoms with Crippen LogP contribution in [0.4, 0.5) is 5.82 Å². The Balaban J connectivity index is 1.85. The van der Waals surface area contributed by atoms with Gasteiger partial charge in [-0.25, -0.2) is 4.98 Å². The third-order valence-corrected chi connectivity index (χ3v) is 4.27. The highest BCUT2D eigenvalue weighted by molar-refractivity contribution is 9.10. The molecule has 0 radical (unpaired) electrons. The molecular weight excluding hydrogens is 326 g/mol. The van der Waals surface area contributed by atoms with E-state index in [4.69, 9.17) is 11.6 Å². The zero-order chi connectivity index (χ0) is 13.7. The monoisotopic (exact) mass is 345 g/mol. The van der Waals surface area contributed by atoms with Crippen LogP contribution in [0.5, 0.6) is 0 Å². The summed E-state index contributed by atoms with van der Waals surface area (Å²) in [6.07, 6.45) is 5.45. The maximum Gasteiger partial charge on any atom is 0.147 e. The minimum atomic E-state index is 0.733. The molecule has 0 amide bonds. The molecular formula is C14H21BrClN3. The van der Waals surface area contributed by atoms with Crippen molar-refractivity contribution in [3.05, 3.63) is 21.8 Å². The summed E-state index contributed by atoms with van der Waals surface area (Å²) < 4.78 is 0.930. The summed E-state index contributed by atoms with van der Waals surface area (Å²) in [6, 6.07) is 1.92. The van der Waals surface area contributed by atoms with Gasteiger partial charge in [-0.05, 0) is 60.3 Å². The highest BCUT2D eigenvalue weighted by Gasteiger charge is 2.21. The summed E-state index contributed by atoms with van der Waals surface area (Å²) in [4.78, 5) is 6.73. The Bertz CT molecular complexity index is 406. The molecule has 0 spiro atoms. The first-order valence-electron chi connectivity index (χ1n) is 6.97. The highest BCUT2D eigenvalue weighted by atomic mass is 79.9. The minimum absolute atomic E-state index is 0.733. The van der Waals surface area contributed by atoms with Gasteiger partial charge in [-0.1, -0.05) is 18.5 Å². The number of piperidine rings is 1. The molecule has 19 heavy (non-hydrogen) atoms. The molecule has 2 heterocycles. The second-order valence-corrected chi connectivity index (χ2v) is 6.42. The molecule has 106 valence electrons. The van der Waals surface area contributed by atoms with E-state index in [0.29, 0.717) is 0 Å². The van der Waals surface area contributed by atoms with E-state index in [1.54, 1.807) is 0 Å². The van der Waals surface area contributed by atoms with Crippen LogP contribution in [-0.2, 0) is 0 Å². The lowest BCUT2D eigenvalue weighted by atomic mass is 9.97. The van der Waals surface area contributed by atoms with Gasteiger partial charge in [-0.2, -0.15) is 0 Å². The molecule has 1 aliphatic heterocycles. The molecule has 0 unspecified atom stereocenters. The summed E-state index contributed by atoms with van der Waals surface area (Å²) >= 11 is 9.65. The maximum absolute atomic E-state index is 6.26. The molecule has 1 aromatic rings. The molecule has 0 aromatic carbocycles. The van der Waals surface area contributed by atoms with Crippen LogP contribution >= 0.6 is 27.5 Å². The number of pyridine rings is 1. The van der Waals surface area contributed by atoms with Gasteiger partial charge in [0.1, 0.15) is 5.82 Å². The van der Waals surface area contributed by atoms with Gasteiger partial charge >= 0.3 is 0 Å². The fourth-order valence-corrected chi connectivity index (χ4v) is 3.22. The number of hydrogen-bond donors (Lipinski definition) is 1. The summed E-state index contributed by atoms with van der Waals surface area (Å²) in [7, 11) is 0. The van der Waals surface area contributed by atoms with Crippen molar-refractivity contribution in [3.63, 3.8) is 0 Å². The summed E-state index contributed by atoms with van der Waals surface area (Å²) in [5.74, 6) is 1.71. The largest absolute Gasteiger partial charge is 0.355 e. The number of hydrogen-bond acceptors (Lipinski definition) is 3. The van der Waals surface area contributed by atoms with Crippen molar-refractivity contribution in [1.29, 1.82) is 0 Å². The fraction of sp³-hybridized carbons (Fsp3) is 0.643. The second kappa shape index (κ2) is 7.46. The quantitative estimate of drug-likeness (QED) is 0.824. The van der Waals surface area contributed by atoms with Crippen LogP contribution < -0.4 is 10.2 Å². The molecule has 1 aromatic heterocycles. The predicted molar refractivity (Wildman–Crippen MR) is 85.0 cm³/mol. The molecule has 3 nitrogen and oxygen atoms in total. The number of halogens is 2. The molecule has 0 bridgehead atoms. The molecule has 1 aliphatic rings. The molecule has 0 aliphatic carbocycles. The van der Waals surface area contributed by atoms with Crippen molar-refractivity contribution in [2.24, 2.45) is 5.92 Å². The number of anilines is 1. The van der Waals surface area contributed by atoms with Crippen molar-refractivity contribution in [2.45, 2.75) is 26.2 Å². The van der Waals surface area contributed by atoms with Crippen LogP contribution in [0.1, 0.15) is 26.2 Å². The van der Waals surface area contributed by atoms with Crippen molar-refractivity contribution in [1.82, 2.24) is 10.3 Å². The van der Waals surface area contributed by atoms with E-state index in [-0.39, 0.29) is 0 Å². The molecule has 1 fully saturated rings. The molecule has 1 saturated heterocycles. The maximum atomic E-state index is 6.26. The first kappa shape index (κ1) is 15.1. The van der Waals surface area contributed by atoms with Gasteiger partial charge in [-0.15, -0.1) is 0 Å². The third kappa shape index (κ3) is 4.33. The summed E-state index contributed by atoms with van der Waals surface area (Å²) in [5.41, 5.74) is 0. The molecule has 1 N–H and O–H groups in total. The number of rotatable bonds is 5. The Morgan fingerprint density at radius 1 is 1.47 bits per heavy atom.